The molecule has 2 N–H and O–H groups in total. The molecule has 0 saturated carbocycles. The number of nitro groups is 1. The van der Waals surface area contributed by atoms with Crippen molar-refractivity contribution in [3.63, 3.8) is 0 Å². The quantitative estimate of drug-likeness (QED) is 0.313. The number of nitro benzene ring substituents is 1. The Kier molecular flexibility index (Phi) is 6.98. The Bertz CT molecular complexity index is 1130. The molecule has 2 aromatic carbocycles. The largest absolute Gasteiger partial charge is 0.345 e. The lowest BCUT2D eigenvalue weighted by Crippen LogP contribution is -2.24. The zero-order chi connectivity index (χ0) is 22.4. The molecule has 1 aromatic heterocycles. The molecule has 0 aliphatic carbocycles. The van der Waals surface area contributed by atoms with Gasteiger partial charge in [0.2, 0.25) is 5.91 Å². The lowest BCUT2D eigenvalue weighted by atomic mass is 10.1. The van der Waals surface area contributed by atoms with Crippen LogP contribution in [0.2, 0.25) is 0 Å². The minimum atomic E-state index is -0.553. The first-order valence-corrected chi connectivity index (χ1v) is 10.2. The van der Waals surface area contributed by atoms with Gasteiger partial charge in [0.05, 0.1) is 17.2 Å². The van der Waals surface area contributed by atoms with E-state index in [1.165, 1.54) is 18.2 Å². The van der Waals surface area contributed by atoms with Gasteiger partial charge in [0.15, 0.2) is 11.0 Å². The molecule has 0 fully saturated rings. The average Bonchev–Trinajstić information content (AvgIpc) is 3.10. The first-order chi connectivity index (χ1) is 14.8. The topological polar surface area (TPSA) is 132 Å². The number of aromatic nitrogens is 3. The number of amides is 2. The zero-order valence-electron chi connectivity index (χ0n) is 16.9. The lowest BCUT2D eigenvalue weighted by Gasteiger charge is -2.07. The Balaban J connectivity index is 1.55. The van der Waals surface area contributed by atoms with Crippen LogP contribution >= 0.6 is 11.8 Å². The van der Waals surface area contributed by atoms with Crippen LogP contribution < -0.4 is 10.6 Å². The van der Waals surface area contributed by atoms with E-state index in [0.717, 1.165) is 17.3 Å². The van der Waals surface area contributed by atoms with Gasteiger partial charge in [0.1, 0.15) is 5.69 Å². The van der Waals surface area contributed by atoms with E-state index in [-0.39, 0.29) is 29.6 Å². The van der Waals surface area contributed by atoms with E-state index in [9.17, 15) is 19.7 Å². The highest BCUT2D eigenvalue weighted by molar-refractivity contribution is 7.99. The molecule has 11 heteroatoms. The van der Waals surface area contributed by atoms with Gasteiger partial charge in [0, 0.05) is 18.7 Å². The number of benzene rings is 2. The molecule has 160 valence electrons. The van der Waals surface area contributed by atoms with E-state index in [2.05, 4.69) is 20.8 Å². The highest BCUT2D eigenvalue weighted by Crippen LogP contribution is 2.24. The van der Waals surface area contributed by atoms with E-state index in [1.54, 1.807) is 29.8 Å². The molecule has 0 atom stereocenters. The van der Waals surface area contributed by atoms with Crippen LogP contribution in [0.1, 0.15) is 21.7 Å². The van der Waals surface area contributed by atoms with Crippen LogP contribution in [0.4, 0.5) is 11.4 Å². The number of nitrogens with one attached hydrogen (secondary N) is 2. The standard InChI is InChI=1S/C20H20N6O4S/c1-13-6-5-7-14(10-13)19(28)21-11-17-23-24-20(25(17)2)31-12-18(27)22-15-8-3-4-9-16(15)26(29)30/h3-10H,11-12H2,1-2H3,(H,21,28)(H,22,27). The molecule has 1 heterocycles. The number of aryl methyl sites for hydroxylation is 1. The fourth-order valence-corrected chi connectivity index (χ4v) is 3.46. The SMILES string of the molecule is Cc1cccc(C(=O)NCc2nnc(SCC(=O)Nc3ccccc3[N+](=O)[O-])n2C)c1. The van der Waals surface area contributed by atoms with E-state index in [1.807, 2.05) is 19.1 Å². The summed E-state index contributed by atoms with van der Waals surface area (Å²) in [6, 6.07) is 13.2. The van der Waals surface area contributed by atoms with Crippen LogP contribution in [-0.4, -0.2) is 37.3 Å². The number of carbonyl (C=O) groups excluding carboxylic acids is 2. The van der Waals surface area contributed by atoms with Crippen LogP contribution in [0.15, 0.2) is 53.7 Å². The molecule has 10 nitrogen and oxygen atoms in total. The highest BCUT2D eigenvalue weighted by atomic mass is 32.2. The predicted molar refractivity (Wildman–Crippen MR) is 116 cm³/mol. The Morgan fingerprint density at radius 2 is 1.94 bits per heavy atom. The molecular formula is C20H20N6O4S. The average molecular weight is 440 g/mol. The monoisotopic (exact) mass is 440 g/mol. The lowest BCUT2D eigenvalue weighted by molar-refractivity contribution is -0.383. The van der Waals surface area contributed by atoms with Crippen molar-refractivity contribution in [3.8, 4) is 0 Å². The van der Waals surface area contributed by atoms with Gasteiger partial charge >= 0.3 is 0 Å². The van der Waals surface area contributed by atoms with Crippen molar-refractivity contribution in [2.75, 3.05) is 11.1 Å². The minimum absolute atomic E-state index is 0.00628. The van der Waals surface area contributed by atoms with Gasteiger partial charge in [-0.05, 0) is 25.1 Å². The van der Waals surface area contributed by atoms with E-state index in [4.69, 9.17) is 0 Å². The fraction of sp³-hybridized carbons (Fsp3) is 0.200. The van der Waals surface area contributed by atoms with E-state index >= 15 is 0 Å². The summed E-state index contributed by atoms with van der Waals surface area (Å²) in [6.07, 6.45) is 0. The fourth-order valence-electron chi connectivity index (χ4n) is 2.73. The predicted octanol–water partition coefficient (Wildman–Crippen LogP) is 2.69. The first kappa shape index (κ1) is 22.0. The summed E-state index contributed by atoms with van der Waals surface area (Å²) in [4.78, 5) is 35.0. The number of hydrogen-bond acceptors (Lipinski definition) is 7. The van der Waals surface area contributed by atoms with E-state index < -0.39 is 10.8 Å². The third kappa shape index (κ3) is 5.66. The van der Waals surface area contributed by atoms with Crippen molar-refractivity contribution in [2.24, 2.45) is 7.05 Å². The van der Waals surface area contributed by atoms with Gasteiger partial charge < -0.3 is 15.2 Å². The molecule has 3 rings (SSSR count). The third-order valence-electron chi connectivity index (χ3n) is 4.32. The van der Waals surface area contributed by atoms with Crippen molar-refractivity contribution in [1.82, 2.24) is 20.1 Å². The Hall–Kier alpha value is -3.73. The van der Waals surface area contributed by atoms with Gasteiger partial charge in [-0.25, -0.2) is 0 Å². The normalized spacial score (nSPS) is 10.5. The van der Waals surface area contributed by atoms with Gasteiger partial charge in [-0.2, -0.15) is 0 Å². The van der Waals surface area contributed by atoms with E-state index in [0.29, 0.717) is 16.5 Å². The first-order valence-electron chi connectivity index (χ1n) is 9.24. The number of hydrogen-bond donors (Lipinski definition) is 2. The summed E-state index contributed by atoms with van der Waals surface area (Å²) < 4.78 is 1.68. The third-order valence-corrected chi connectivity index (χ3v) is 5.34. The van der Waals surface area contributed by atoms with Crippen LogP contribution in [0.25, 0.3) is 0 Å². The van der Waals surface area contributed by atoms with Crippen molar-refractivity contribution in [1.29, 1.82) is 0 Å². The minimum Gasteiger partial charge on any atom is -0.345 e. The molecule has 31 heavy (non-hydrogen) atoms. The van der Waals surface area contributed by atoms with Crippen molar-refractivity contribution in [3.05, 3.63) is 75.6 Å². The number of anilines is 1. The summed E-state index contributed by atoms with van der Waals surface area (Å²) in [7, 11) is 1.73. The molecule has 0 unspecified atom stereocenters. The van der Waals surface area contributed by atoms with Gasteiger partial charge in [-0.3, -0.25) is 19.7 Å². The molecule has 0 saturated heterocycles. The Labute approximate surface area is 182 Å². The number of thioether (sulfide) groups is 1. The highest BCUT2D eigenvalue weighted by Gasteiger charge is 2.17. The molecule has 0 aliphatic rings. The second-order valence-corrected chi connectivity index (χ2v) is 7.56. The summed E-state index contributed by atoms with van der Waals surface area (Å²) in [6.45, 7) is 2.09. The zero-order valence-corrected chi connectivity index (χ0v) is 17.7. The number of rotatable bonds is 8. The van der Waals surface area contributed by atoms with Crippen molar-refractivity contribution < 1.29 is 14.5 Å². The molecule has 0 radical (unpaired) electrons. The van der Waals surface area contributed by atoms with Crippen molar-refractivity contribution in [2.45, 2.75) is 18.6 Å². The Morgan fingerprint density at radius 3 is 2.68 bits per heavy atom. The second kappa shape index (κ2) is 9.85. The molecule has 0 aliphatic heterocycles. The molecule has 0 spiro atoms. The smallest absolute Gasteiger partial charge is 0.292 e. The maximum absolute atomic E-state index is 12.3. The molecule has 2 amide bonds. The molecular weight excluding hydrogens is 420 g/mol. The van der Waals surface area contributed by atoms with Crippen LogP contribution in [0.5, 0.6) is 0 Å². The van der Waals surface area contributed by atoms with Gasteiger partial charge in [-0.1, -0.05) is 41.6 Å². The molecule has 3 aromatic rings. The maximum atomic E-state index is 12.3. The number of carbonyl (C=O) groups is 2. The number of para-hydroxylation sites is 2. The summed E-state index contributed by atoms with van der Waals surface area (Å²) in [5.74, 6) is -0.0998. The van der Waals surface area contributed by atoms with Crippen LogP contribution in [0, 0.1) is 17.0 Å². The maximum Gasteiger partial charge on any atom is 0.292 e. The number of nitrogens with zero attached hydrogens (tertiary/aromatic N) is 4. The second-order valence-electron chi connectivity index (χ2n) is 6.62. The van der Waals surface area contributed by atoms with Crippen LogP contribution in [0.3, 0.4) is 0 Å². The van der Waals surface area contributed by atoms with Crippen molar-refractivity contribution >= 4 is 35.0 Å². The van der Waals surface area contributed by atoms with Crippen LogP contribution in [-0.2, 0) is 18.4 Å². The Morgan fingerprint density at radius 1 is 1.16 bits per heavy atom. The van der Waals surface area contributed by atoms with Gasteiger partial charge in [-0.15, -0.1) is 10.2 Å². The summed E-state index contributed by atoms with van der Waals surface area (Å²) in [5, 5.41) is 25.0. The van der Waals surface area contributed by atoms with Gasteiger partial charge in [0.25, 0.3) is 11.6 Å². The summed E-state index contributed by atoms with van der Waals surface area (Å²) in [5.41, 5.74) is 1.51. The molecule has 0 bridgehead atoms. The summed E-state index contributed by atoms with van der Waals surface area (Å²) >= 11 is 1.14.